The van der Waals surface area contributed by atoms with Gasteiger partial charge in [0.25, 0.3) is 0 Å². The quantitative estimate of drug-likeness (QED) is 0.156. The molecule has 7 aromatic carbocycles. The van der Waals surface area contributed by atoms with Gasteiger partial charge in [-0.15, -0.1) is 11.3 Å². The molecule has 59 heavy (non-hydrogen) atoms. The van der Waals surface area contributed by atoms with Crippen LogP contribution in [0.3, 0.4) is 0 Å². The van der Waals surface area contributed by atoms with Crippen LogP contribution in [0.15, 0.2) is 130 Å². The van der Waals surface area contributed by atoms with Crippen molar-refractivity contribution < 1.29 is 8.83 Å². The number of thiophene rings is 1. The number of anilines is 3. The zero-order chi connectivity index (χ0) is 39.3. The third-order valence-corrected chi connectivity index (χ3v) is 15.8. The van der Waals surface area contributed by atoms with E-state index in [1.165, 1.54) is 98.7 Å². The number of rotatable bonds is 1. The van der Waals surface area contributed by atoms with Gasteiger partial charge in [0.05, 0.1) is 5.39 Å². The fourth-order valence-electron chi connectivity index (χ4n) is 11.6. The Hall–Kier alpha value is -6.24. The molecule has 0 fully saturated rings. The second-order valence-electron chi connectivity index (χ2n) is 18.7. The van der Waals surface area contributed by atoms with Gasteiger partial charge in [-0.3, -0.25) is 0 Å². The second-order valence-corrected chi connectivity index (χ2v) is 19.7. The van der Waals surface area contributed by atoms with Crippen LogP contribution < -0.4 is 15.8 Å². The summed E-state index contributed by atoms with van der Waals surface area (Å²) in [5.41, 5.74) is 17.9. The van der Waals surface area contributed by atoms with Gasteiger partial charge in [0.15, 0.2) is 5.71 Å². The van der Waals surface area contributed by atoms with Gasteiger partial charge in [0.1, 0.15) is 16.7 Å². The summed E-state index contributed by atoms with van der Waals surface area (Å²) in [7, 11) is 0. The molecule has 3 aliphatic rings. The summed E-state index contributed by atoms with van der Waals surface area (Å²) >= 11 is 1.92. The first-order valence-corrected chi connectivity index (χ1v) is 21.8. The Morgan fingerprint density at radius 1 is 0.593 bits per heavy atom. The van der Waals surface area contributed by atoms with Crippen LogP contribution >= 0.6 is 11.3 Å². The maximum absolute atomic E-state index is 7.06. The predicted octanol–water partition coefficient (Wildman–Crippen LogP) is 13.9. The van der Waals surface area contributed by atoms with Crippen LogP contribution in [0, 0.1) is 6.92 Å². The summed E-state index contributed by atoms with van der Waals surface area (Å²) in [5, 5.41) is 8.43. The number of furan rings is 2. The van der Waals surface area contributed by atoms with Crippen molar-refractivity contribution in [1.29, 1.82) is 0 Å². The lowest BCUT2D eigenvalue weighted by atomic mass is 9.45. The third-order valence-electron chi connectivity index (χ3n) is 14.6. The van der Waals surface area contributed by atoms with Crippen LogP contribution in [-0.4, -0.2) is 11.3 Å². The van der Waals surface area contributed by atoms with Crippen molar-refractivity contribution in [3.05, 3.63) is 138 Å². The highest BCUT2D eigenvalue weighted by Gasteiger charge is 2.47. The number of aromatic nitrogens is 1. The van der Waals surface area contributed by atoms with Gasteiger partial charge >= 0.3 is 6.85 Å². The molecule has 14 rings (SSSR count). The molecule has 282 valence electrons. The van der Waals surface area contributed by atoms with Crippen molar-refractivity contribution in [2.75, 3.05) is 4.90 Å². The Kier molecular flexibility index (Phi) is 5.92. The maximum atomic E-state index is 7.06. The molecule has 0 bridgehead atoms. The van der Waals surface area contributed by atoms with E-state index in [-0.39, 0.29) is 17.7 Å². The molecule has 0 saturated carbocycles. The highest BCUT2D eigenvalue weighted by molar-refractivity contribution is 7.27. The summed E-state index contributed by atoms with van der Waals surface area (Å²) in [6.07, 6.45) is 2.34. The number of aryl methyl sites for hydroxylation is 1. The Morgan fingerprint density at radius 3 is 2.10 bits per heavy atom. The van der Waals surface area contributed by atoms with E-state index in [1.807, 2.05) is 11.3 Å². The van der Waals surface area contributed by atoms with E-state index in [1.54, 1.807) is 0 Å². The molecule has 0 spiro atoms. The minimum absolute atomic E-state index is 0.0522. The number of hydrogen-bond acceptors (Lipinski definition) is 4. The van der Waals surface area contributed by atoms with Crippen LogP contribution in [0.25, 0.3) is 86.2 Å². The van der Waals surface area contributed by atoms with Crippen LogP contribution in [-0.2, 0) is 10.8 Å². The first kappa shape index (κ1) is 32.7. The van der Waals surface area contributed by atoms with Crippen molar-refractivity contribution in [2.45, 2.75) is 58.3 Å². The number of nitrogens with zero attached hydrogens (tertiary/aromatic N) is 2. The summed E-state index contributed by atoms with van der Waals surface area (Å²) < 4.78 is 19.3. The summed E-state index contributed by atoms with van der Waals surface area (Å²) in [6.45, 7) is 11.9. The molecule has 6 heteroatoms. The topological polar surface area (TPSA) is 34.5 Å². The second kappa shape index (κ2) is 10.7. The molecule has 0 radical (unpaired) electrons. The van der Waals surface area contributed by atoms with Crippen LogP contribution in [0.4, 0.5) is 17.1 Å². The molecule has 4 nitrogen and oxygen atoms in total. The lowest BCUT2D eigenvalue weighted by Crippen LogP contribution is -2.56. The third kappa shape index (κ3) is 3.92. The zero-order valence-electron chi connectivity index (χ0n) is 33.7. The van der Waals surface area contributed by atoms with Crippen molar-refractivity contribution in [3.8, 4) is 11.1 Å². The van der Waals surface area contributed by atoms with Crippen molar-refractivity contribution in [3.63, 3.8) is 0 Å². The molecule has 0 N–H and O–H groups in total. The minimum atomic E-state index is -0.176. The molecular formula is C53H39BN2O2S. The van der Waals surface area contributed by atoms with E-state index in [4.69, 9.17) is 8.83 Å². The van der Waals surface area contributed by atoms with E-state index in [0.717, 1.165) is 45.0 Å². The fraction of sp³-hybridized carbons (Fsp3) is 0.170. The average Bonchev–Trinajstić information content (AvgIpc) is 4.00. The Balaban J connectivity index is 1.22. The lowest BCUT2D eigenvalue weighted by molar-refractivity contribution is 0.332. The van der Waals surface area contributed by atoms with E-state index in [2.05, 4.69) is 165 Å². The lowest BCUT2D eigenvalue weighted by Gasteiger charge is -2.44. The normalized spacial score (nSPS) is 16.3. The molecule has 4 aromatic heterocycles. The summed E-state index contributed by atoms with van der Waals surface area (Å²) in [6, 6.07) is 45.2. The maximum Gasteiger partial charge on any atom is 0.337 e. The molecule has 0 saturated heterocycles. The van der Waals surface area contributed by atoms with Crippen LogP contribution in [0.5, 0.6) is 0 Å². The molecule has 0 unspecified atom stereocenters. The Morgan fingerprint density at radius 2 is 1.29 bits per heavy atom. The Bertz CT molecular complexity index is 3720. The Labute approximate surface area is 345 Å². The van der Waals surface area contributed by atoms with Crippen LogP contribution in [0.2, 0.25) is 0 Å². The molecular weight excluding hydrogens is 739 g/mol. The molecule has 1 aliphatic carbocycles. The number of hydrogen-bond donors (Lipinski definition) is 0. The summed E-state index contributed by atoms with van der Waals surface area (Å²) in [4.78, 5) is 2.63. The molecule has 0 atom stereocenters. The fourth-order valence-corrected chi connectivity index (χ4v) is 12.9. The van der Waals surface area contributed by atoms with Crippen molar-refractivity contribution >= 4 is 121 Å². The van der Waals surface area contributed by atoms with Gasteiger partial charge < -0.3 is 18.2 Å². The predicted molar refractivity (Wildman–Crippen MR) is 250 cm³/mol. The van der Waals surface area contributed by atoms with Gasteiger partial charge in [-0.25, -0.2) is 0 Å². The molecule has 11 aromatic rings. The monoisotopic (exact) mass is 778 g/mol. The van der Waals surface area contributed by atoms with E-state index in [9.17, 15) is 0 Å². The largest absolute Gasteiger partial charge is 0.455 e. The van der Waals surface area contributed by atoms with Gasteiger partial charge in [-0.05, 0) is 94.6 Å². The molecule has 2 aliphatic heterocycles. The van der Waals surface area contributed by atoms with Gasteiger partial charge in [0.2, 0.25) is 0 Å². The first-order valence-electron chi connectivity index (χ1n) is 21.0. The summed E-state index contributed by atoms with van der Waals surface area (Å²) in [5.74, 6) is 0. The highest BCUT2D eigenvalue weighted by atomic mass is 32.1. The van der Waals surface area contributed by atoms with E-state index < -0.39 is 0 Å². The number of fused-ring (bicyclic) bond motifs is 18. The van der Waals surface area contributed by atoms with Crippen molar-refractivity contribution in [1.82, 2.24) is 4.48 Å². The number of para-hydroxylation sites is 3. The molecule has 0 amide bonds. The van der Waals surface area contributed by atoms with Gasteiger partial charge in [-0.1, -0.05) is 113 Å². The SMILES string of the molecule is Cc1cc2c(cc1N1c3cc4c(oc5ccccc54)c4c3B(c3c1ccc1c3sc3ccccc31)n1c3oc5ccccc5c3c3cccc-4c31)C(C)(C)CCC2(C)C. The standard InChI is InChI=1S/C53H39BN2O2S/c1-28-25-36-37(53(4,5)24-23-52(36,2)3)27-39(28)55-38-22-21-31-30-14-8-11-20-43(30)59-50(31)47(38)54-46-40(55)26-35-29-13-6-9-18-41(29)57-49(35)45(46)34-17-12-16-33-44-32-15-7-10-19-42(32)58-51(44)56(54)48(33)34/h6-22,25-27H,23-24H2,1-5H3. The van der Waals surface area contributed by atoms with Crippen molar-refractivity contribution in [2.24, 2.45) is 0 Å². The van der Waals surface area contributed by atoms with E-state index in [0.29, 0.717) is 0 Å². The number of benzene rings is 7. The van der Waals surface area contributed by atoms with Gasteiger partial charge in [-0.2, -0.15) is 0 Å². The minimum Gasteiger partial charge on any atom is -0.455 e. The van der Waals surface area contributed by atoms with Gasteiger partial charge in [0, 0.05) is 75.4 Å². The average molecular weight is 779 g/mol. The first-order chi connectivity index (χ1) is 28.7. The van der Waals surface area contributed by atoms with E-state index >= 15 is 0 Å². The highest BCUT2D eigenvalue weighted by Crippen LogP contribution is 2.54. The smallest absolute Gasteiger partial charge is 0.337 e. The van der Waals surface area contributed by atoms with Crippen LogP contribution in [0.1, 0.15) is 57.2 Å². The molecule has 6 heterocycles. The zero-order valence-corrected chi connectivity index (χ0v) is 34.5.